The Labute approximate surface area is 221 Å². The molecule has 0 spiro atoms. The third-order valence-corrected chi connectivity index (χ3v) is 7.12. The molecule has 8 heteroatoms. The topological polar surface area (TPSA) is 73.2 Å². The fourth-order valence-electron chi connectivity index (χ4n) is 5.15. The molecule has 0 aliphatic carbocycles. The van der Waals surface area contributed by atoms with Crippen molar-refractivity contribution in [3.05, 3.63) is 84.0 Å². The summed E-state index contributed by atoms with van der Waals surface area (Å²) >= 11 is 0. The molecule has 0 saturated carbocycles. The number of aromatic nitrogens is 3. The van der Waals surface area contributed by atoms with Crippen LogP contribution >= 0.6 is 0 Å². The fourth-order valence-corrected chi connectivity index (χ4v) is 5.15. The van der Waals surface area contributed by atoms with Crippen LogP contribution in [0.25, 0.3) is 27.9 Å². The second-order valence-electron chi connectivity index (χ2n) is 9.87. The maximum atomic E-state index is 14.0. The van der Waals surface area contributed by atoms with Gasteiger partial charge >= 0.3 is 0 Å². The van der Waals surface area contributed by atoms with Crippen molar-refractivity contribution in [2.45, 2.75) is 58.3 Å². The summed E-state index contributed by atoms with van der Waals surface area (Å²) in [7, 11) is 0. The van der Waals surface area contributed by atoms with Gasteiger partial charge in [-0.3, -0.25) is 10.3 Å². The number of halogens is 2. The number of nitrogens with one attached hydrogen (secondary N) is 1. The second kappa shape index (κ2) is 11.3. The zero-order valence-corrected chi connectivity index (χ0v) is 21.9. The van der Waals surface area contributed by atoms with Crippen LogP contribution in [0.5, 0.6) is 0 Å². The van der Waals surface area contributed by atoms with Crippen LogP contribution in [-0.4, -0.2) is 33.0 Å². The van der Waals surface area contributed by atoms with Crippen LogP contribution in [0.3, 0.4) is 0 Å². The van der Waals surface area contributed by atoms with Gasteiger partial charge in [-0.15, -0.1) is 0 Å². The molecular formula is C30H34F2N6. The monoisotopic (exact) mass is 516 g/mol. The number of imidazole rings is 1. The summed E-state index contributed by atoms with van der Waals surface area (Å²) in [5.74, 6) is 0.387. The van der Waals surface area contributed by atoms with Crippen molar-refractivity contribution in [2.75, 3.05) is 6.54 Å². The van der Waals surface area contributed by atoms with Gasteiger partial charge in [0.25, 0.3) is 0 Å². The largest absolute Gasteiger partial charge is 0.397 e. The molecule has 1 aliphatic rings. The van der Waals surface area contributed by atoms with Crippen molar-refractivity contribution in [1.29, 1.82) is 0 Å². The van der Waals surface area contributed by atoms with Crippen LogP contribution in [0.15, 0.2) is 65.8 Å². The lowest BCUT2D eigenvalue weighted by Gasteiger charge is -2.19. The lowest BCUT2D eigenvalue weighted by molar-refractivity contribution is 0.453. The lowest BCUT2D eigenvalue weighted by Crippen LogP contribution is -2.25. The Balaban J connectivity index is 1.50. The average Bonchev–Trinajstić information content (AvgIpc) is 3.59. The van der Waals surface area contributed by atoms with Gasteiger partial charge in [-0.2, -0.15) is 0 Å². The smallest absolute Gasteiger partial charge is 0.125 e. The molecule has 3 heterocycles. The van der Waals surface area contributed by atoms with Crippen molar-refractivity contribution in [1.82, 2.24) is 19.4 Å². The minimum atomic E-state index is -0.299. The third-order valence-electron chi connectivity index (χ3n) is 7.12. The normalized spacial score (nSPS) is 16.5. The summed E-state index contributed by atoms with van der Waals surface area (Å²) in [6.07, 6.45) is 9.45. The number of nitrogens with zero attached hydrogens (tertiary/aromatic N) is 4. The highest BCUT2D eigenvalue weighted by atomic mass is 19.1. The molecule has 0 amide bonds. The molecule has 2 unspecified atom stereocenters. The Morgan fingerprint density at radius 3 is 2.76 bits per heavy atom. The Hall–Kier alpha value is -3.78. The zero-order valence-electron chi connectivity index (χ0n) is 21.9. The number of benzene rings is 2. The maximum Gasteiger partial charge on any atom is 0.125 e. The first-order chi connectivity index (χ1) is 18.4. The predicted octanol–water partition coefficient (Wildman–Crippen LogP) is 6.08. The number of nitrogens with two attached hydrogens (primary N) is 1. The van der Waals surface area contributed by atoms with E-state index in [0.29, 0.717) is 12.2 Å². The molecule has 6 nitrogen and oxygen atoms in total. The van der Waals surface area contributed by atoms with E-state index in [2.05, 4.69) is 26.4 Å². The first kappa shape index (κ1) is 25.9. The van der Waals surface area contributed by atoms with Gasteiger partial charge in [-0.25, -0.2) is 13.8 Å². The van der Waals surface area contributed by atoms with Gasteiger partial charge in [0.1, 0.15) is 17.5 Å². The van der Waals surface area contributed by atoms with E-state index in [1.54, 1.807) is 30.5 Å². The van der Waals surface area contributed by atoms with Gasteiger partial charge < -0.3 is 14.9 Å². The first-order valence-electron chi connectivity index (χ1n) is 13.3. The predicted molar refractivity (Wildman–Crippen MR) is 150 cm³/mol. The number of fused-ring (bicyclic) bond motifs is 2. The Kier molecular flexibility index (Phi) is 7.69. The van der Waals surface area contributed by atoms with Crippen LogP contribution in [-0.2, 0) is 13.0 Å². The molecule has 0 radical (unpaired) electrons. The van der Waals surface area contributed by atoms with E-state index in [4.69, 9.17) is 10.7 Å². The third kappa shape index (κ3) is 5.41. The molecular weight excluding hydrogens is 482 g/mol. The molecule has 198 valence electrons. The van der Waals surface area contributed by atoms with Crippen LogP contribution in [0.2, 0.25) is 0 Å². The molecule has 2 aromatic heterocycles. The molecule has 2 atom stereocenters. The molecule has 4 aromatic rings. The minimum absolute atomic E-state index is 0.0199. The summed E-state index contributed by atoms with van der Waals surface area (Å²) in [5, 5.41) is 4.38. The molecule has 0 saturated heterocycles. The number of allylic oxidation sites excluding steroid dienone is 1. The molecule has 0 bridgehead atoms. The number of aliphatic imine (C=N–C) groups is 1. The minimum Gasteiger partial charge on any atom is -0.397 e. The lowest BCUT2D eigenvalue weighted by atomic mass is 10.1. The highest BCUT2D eigenvalue weighted by molar-refractivity contribution is 5.87. The van der Waals surface area contributed by atoms with E-state index >= 15 is 0 Å². The second-order valence-corrected chi connectivity index (χ2v) is 9.87. The summed E-state index contributed by atoms with van der Waals surface area (Å²) in [5.41, 5.74) is 10.4. The summed E-state index contributed by atoms with van der Waals surface area (Å²) in [4.78, 5) is 9.52. The number of hydrogen-bond acceptors (Lipinski definition) is 4. The Morgan fingerprint density at radius 2 is 1.97 bits per heavy atom. The summed E-state index contributed by atoms with van der Waals surface area (Å²) in [6, 6.07) is 13.3. The quantitative estimate of drug-likeness (QED) is 0.198. The summed E-state index contributed by atoms with van der Waals surface area (Å²) in [6.45, 7) is 5.74. The van der Waals surface area contributed by atoms with Gasteiger partial charge in [0.15, 0.2) is 0 Å². The van der Waals surface area contributed by atoms with Crippen LogP contribution in [0.4, 0.5) is 8.78 Å². The zero-order chi connectivity index (χ0) is 26.6. The number of unbranched alkanes of at least 4 members (excludes halogenated alkanes) is 1. The SMILES string of the molecule is CCCCNC(C)/N=C\C=C(/N)c1c(-c2ccc(F)cc2)nc2n1C(Cn1ccc3ccc(F)cc31)CC2. The molecule has 2 aromatic carbocycles. The van der Waals surface area contributed by atoms with E-state index < -0.39 is 0 Å². The van der Waals surface area contributed by atoms with E-state index in [1.807, 2.05) is 25.3 Å². The van der Waals surface area contributed by atoms with Gasteiger partial charge in [0.05, 0.1) is 34.8 Å². The molecule has 1 aliphatic heterocycles. The molecule has 3 N–H and O–H groups in total. The molecule has 38 heavy (non-hydrogen) atoms. The van der Waals surface area contributed by atoms with Crippen LogP contribution in [0, 0.1) is 11.6 Å². The van der Waals surface area contributed by atoms with Crippen molar-refractivity contribution in [2.24, 2.45) is 10.7 Å². The Bertz CT molecular complexity index is 1460. The van der Waals surface area contributed by atoms with Crippen LogP contribution < -0.4 is 11.1 Å². The van der Waals surface area contributed by atoms with Gasteiger partial charge in [0, 0.05) is 30.9 Å². The van der Waals surface area contributed by atoms with Crippen LogP contribution in [0.1, 0.15) is 50.7 Å². The van der Waals surface area contributed by atoms with E-state index in [-0.39, 0.29) is 23.8 Å². The Morgan fingerprint density at radius 1 is 1.18 bits per heavy atom. The van der Waals surface area contributed by atoms with E-state index in [9.17, 15) is 8.78 Å². The fraction of sp³-hybridized carbons (Fsp3) is 0.333. The standard InChI is InChI=1S/C30H34F2N6/c1-3-4-15-34-20(2)35-16-13-26(33)30-29(22-6-8-23(31)9-7-22)36-28-12-11-25(38(28)30)19-37-17-14-21-5-10-24(32)18-27(21)37/h5-10,13-14,16-18,20,25,34H,3-4,11-12,15,19,33H2,1-2H3/b26-13-,35-16-. The van der Waals surface area contributed by atoms with Gasteiger partial charge in [-0.05, 0) is 86.3 Å². The van der Waals surface area contributed by atoms with Crippen molar-refractivity contribution >= 4 is 22.8 Å². The average molecular weight is 517 g/mol. The summed E-state index contributed by atoms with van der Waals surface area (Å²) < 4.78 is 32.0. The van der Waals surface area contributed by atoms with Gasteiger partial charge in [-0.1, -0.05) is 13.3 Å². The van der Waals surface area contributed by atoms with Gasteiger partial charge in [0.2, 0.25) is 0 Å². The number of hydrogen-bond donors (Lipinski definition) is 2. The molecule has 0 fully saturated rings. The maximum absolute atomic E-state index is 14.0. The highest BCUT2D eigenvalue weighted by Gasteiger charge is 2.30. The molecule has 5 rings (SSSR count). The van der Waals surface area contributed by atoms with E-state index in [1.165, 1.54) is 18.2 Å². The first-order valence-corrected chi connectivity index (χ1v) is 13.3. The highest BCUT2D eigenvalue weighted by Crippen LogP contribution is 2.37. The van der Waals surface area contributed by atoms with Crippen molar-refractivity contribution < 1.29 is 8.78 Å². The number of aryl methyl sites for hydroxylation is 1. The van der Waals surface area contributed by atoms with E-state index in [0.717, 1.165) is 65.9 Å². The number of rotatable bonds is 10. The van der Waals surface area contributed by atoms with Crippen molar-refractivity contribution in [3.63, 3.8) is 0 Å². The van der Waals surface area contributed by atoms with Crippen molar-refractivity contribution in [3.8, 4) is 11.3 Å².